The topological polar surface area (TPSA) is 100 Å². The van der Waals surface area contributed by atoms with Crippen LogP contribution in [0.15, 0.2) is 42.5 Å². The summed E-state index contributed by atoms with van der Waals surface area (Å²) in [5.41, 5.74) is 0.0343. The molecule has 2 aromatic carbocycles. The third-order valence-corrected chi connectivity index (χ3v) is 3.50. The van der Waals surface area contributed by atoms with Crippen LogP contribution >= 0.6 is 0 Å². The highest BCUT2D eigenvalue weighted by Gasteiger charge is 2.16. The number of carbonyl (C=O) groups excluding carboxylic acids is 1. The molecule has 0 unspecified atom stereocenters. The molecule has 3 rings (SSSR count). The molecule has 0 aliphatic heterocycles. The fourth-order valence-corrected chi connectivity index (χ4v) is 2.30. The number of aromatic nitrogens is 3. The Kier molecular flexibility index (Phi) is 5.25. The predicted octanol–water partition coefficient (Wildman–Crippen LogP) is 2.85. The molecule has 7 nitrogen and oxygen atoms in total. The minimum Gasteiger partial charge on any atom is -0.507 e. The first-order valence-electron chi connectivity index (χ1n) is 7.66. The van der Waals surface area contributed by atoms with Gasteiger partial charge >= 0.3 is 6.61 Å². The maximum atomic E-state index is 13.3. The van der Waals surface area contributed by atoms with Crippen LogP contribution in [0, 0.1) is 5.82 Å². The van der Waals surface area contributed by atoms with Gasteiger partial charge < -0.3 is 15.2 Å². The number of H-pyrrole nitrogens is 1. The number of rotatable bonds is 6. The largest absolute Gasteiger partial charge is 0.507 e. The zero-order valence-corrected chi connectivity index (χ0v) is 13.6. The number of phenols is 1. The first kappa shape index (κ1) is 18.2. The lowest BCUT2D eigenvalue weighted by Crippen LogP contribution is -2.24. The molecule has 0 aliphatic rings. The number of aromatic hydroxyl groups is 1. The van der Waals surface area contributed by atoms with Crippen LogP contribution in [-0.2, 0) is 6.54 Å². The molecule has 0 aliphatic carbocycles. The van der Waals surface area contributed by atoms with Crippen LogP contribution in [0.3, 0.4) is 0 Å². The number of para-hydroxylation sites is 1. The average Bonchev–Trinajstić information content (AvgIpc) is 3.10. The maximum Gasteiger partial charge on any atom is 0.387 e. The molecule has 0 saturated heterocycles. The van der Waals surface area contributed by atoms with Crippen molar-refractivity contribution in [2.45, 2.75) is 13.2 Å². The minimum absolute atomic E-state index is 0.0728. The van der Waals surface area contributed by atoms with E-state index in [1.54, 1.807) is 0 Å². The van der Waals surface area contributed by atoms with E-state index in [0.717, 1.165) is 12.1 Å². The Hall–Kier alpha value is -3.56. The highest BCUT2D eigenvalue weighted by molar-refractivity contribution is 5.96. The van der Waals surface area contributed by atoms with Gasteiger partial charge in [0.15, 0.2) is 11.6 Å². The van der Waals surface area contributed by atoms with E-state index >= 15 is 0 Å². The number of phenolic OH excluding ortho intramolecular Hbond substituents is 1. The lowest BCUT2D eigenvalue weighted by Gasteiger charge is -2.10. The molecule has 140 valence electrons. The van der Waals surface area contributed by atoms with Crippen LogP contribution in [-0.4, -0.2) is 32.8 Å². The summed E-state index contributed by atoms with van der Waals surface area (Å²) in [5, 5.41) is 18.6. The van der Waals surface area contributed by atoms with E-state index in [0.29, 0.717) is 0 Å². The predicted molar refractivity (Wildman–Crippen MR) is 87.7 cm³/mol. The fourth-order valence-electron chi connectivity index (χ4n) is 2.30. The van der Waals surface area contributed by atoms with Gasteiger partial charge in [0, 0.05) is 0 Å². The van der Waals surface area contributed by atoms with Gasteiger partial charge in [0.25, 0.3) is 5.91 Å². The monoisotopic (exact) mass is 378 g/mol. The van der Waals surface area contributed by atoms with Crippen molar-refractivity contribution in [1.29, 1.82) is 0 Å². The molecule has 1 amide bonds. The smallest absolute Gasteiger partial charge is 0.387 e. The van der Waals surface area contributed by atoms with Crippen LogP contribution in [0.25, 0.3) is 11.4 Å². The van der Waals surface area contributed by atoms with Crippen molar-refractivity contribution in [3.63, 3.8) is 0 Å². The van der Waals surface area contributed by atoms with Gasteiger partial charge in [-0.25, -0.2) is 9.37 Å². The molecule has 0 bridgehead atoms. The van der Waals surface area contributed by atoms with Crippen LogP contribution in [0.2, 0.25) is 0 Å². The van der Waals surface area contributed by atoms with Crippen molar-refractivity contribution in [2.24, 2.45) is 0 Å². The molecule has 0 radical (unpaired) electrons. The molecular weight excluding hydrogens is 365 g/mol. The molecular formula is C17H13F3N4O3. The highest BCUT2D eigenvalue weighted by Crippen LogP contribution is 2.27. The summed E-state index contributed by atoms with van der Waals surface area (Å²) in [6.45, 7) is -3.19. The molecule has 0 fully saturated rings. The lowest BCUT2D eigenvalue weighted by atomic mass is 10.2. The first-order valence-corrected chi connectivity index (χ1v) is 7.66. The first-order chi connectivity index (χ1) is 12.9. The van der Waals surface area contributed by atoms with Crippen molar-refractivity contribution >= 4 is 5.91 Å². The summed E-state index contributed by atoms with van der Waals surface area (Å²) < 4.78 is 42.5. The Morgan fingerprint density at radius 3 is 2.81 bits per heavy atom. The third kappa shape index (κ3) is 4.35. The zero-order valence-electron chi connectivity index (χ0n) is 13.6. The van der Waals surface area contributed by atoms with E-state index in [1.807, 2.05) is 0 Å². The normalized spacial score (nSPS) is 10.8. The van der Waals surface area contributed by atoms with Gasteiger partial charge in [0.2, 0.25) is 0 Å². The van der Waals surface area contributed by atoms with Gasteiger partial charge in [-0.2, -0.15) is 13.9 Å². The van der Waals surface area contributed by atoms with Crippen LogP contribution in [0.4, 0.5) is 13.2 Å². The zero-order chi connectivity index (χ0) is 19.4. The number of nitrogens with zero attached hydrogens (tertiary/aromatic N) is 2. The van der Waals surface area contributed by atoms with E-state index in [1.165, 1.54) is 30.3 Å². The van der Waals surface area contributed by atoms with Gasteiger partial charge in [-0.15, -0.1) is 0 Å². The number of hydrogen-bond acceptors (Lipinski definition) is 5. The Morgan fingerprint density at radius 2 is 2.04 bits per heavy atom. The number of nitrogens with one attached hydrogen (secondary N) is 2. The Balaban J connectivity index is 1.70. The summed E-state index contributed by atoms with van der Waals surface area (Å²) in [6.07, 6.45) is 0. The lowest BCUT2D eigenvalue weighted by molar-refractivity contribution is -0.0501. The second-order valence-electron chi connectivity index (χ2n) is 5.32. The number of carbonyl (C=O) groups is 1. The van der Waals surface area contributed by atoms with E-state index in [9.17, 15) is 23.1 Å². The minimum atomic E-state index is -3.06. The molecule has 10 heteroatoms. The van der Waals surface area contributed by atoms with Gasteiger partial charge in [0.1, 0.15) is 17.3 Å². The summed E-state index contributed by atoms with van der Waals surface area (Å²) in [6, 6.07) is 8.90. The number of alkyl halides is 2. The summed E-state index contributed by atoms with van der Waals surface area (Å²) in [7, 11) is 0. The molecule has 1 aromatic heterocycles. The van der Waals surface area contributed by atoms with Crippen LogP contribution in [0.5, 0.6) is 11.5 Å². The van der Waals surface area contributed by atoms with E-state index in [-0.39, 0.29) is 40.8 Å². The fraction of sp³-hybridized carbons (Fsp3) is 0.118. The van der Waals surface area contributed by atoms with Crippen molar-refractivity contribution < 1.29 is 27.8 Å². The van der Waals surface area contributed by atoms with E-state index < -0.39 is 18.3 Å². The molecule has 3 aromatic rings. The van der Waals surface area contributed by atoms with E-state index in [4.69, 9.17) is 0 Å². The number of aromatic amines is 1. The summed E-state index contributed by atoms with van der Waals surface area (Å²) >= 11 is 0. The molecule has 0 atom stereocenters. The van der Waals surface area contributed by atoms with Gasteiger partial charge in [-0.3, -0.25) is 9.89 Å². The van der Waals surface area contributed by atoms with Gasteiger partial charge in [-0.05, 0) is 30.3 Å². The second-order valence-corrected chi connectivity index (χ2v) is 5.32. The van der Waals surface area contributed by atoms with Crippen molar-refractivity contribution in [3.8, 4) is 22.9 Å². The number of hydrogen-bond donors (Lipinski definition) is 3. The molecule has 0 saturated carbocycles. The molecule has 3 N–H and O–H groups in total. The number of benzene rings is 2. The van der Waals surface area contributed by atoms with Gasteiger partial charge in [0.05, 0.1) is 17.7 Å². The van der Waals surface area contributed by atoms with Crippen molar-refractivity contribution in [3.05, 3.63) is 59.7 Å². The Morgan fingerprint density at radius 1 is 1.26 bits per heavy atom. The summed E-state index contributed by atoms with van der Waals surface area (Å²) in [4.78, 5) is 16.3. The van der Waals surface area contributed by atoms with Crippen LogP contribution < -0.4 is 10.1 Å². The second kappa shape index (κ2) is 7.77. The number of amides is 1. The molecule has 1 heterocycles. The standard InChI is InChI=1S/C17H13F3N4O3/c18-9-5-6-12(25)11(7-9)15-22-14(23-24-15)8-21-16(26)10-3-1-2-4-13(10)27-17(19)20/h1-7,17,25H,8H2,(H,21,26)(H,22,23,24). The van der Waals surface area contributed by atoms with Crippen molar-refractivity contribution in [1.82, 2.24) is 20.5 Å². The third-order valence-electron chi connectivity index (χ3n) is 3.50. The Labute approximate surface area is 150 Å². The molecule has 0 spiro atoms. The maximum absolute atomic E-state index is 13.3. The van der Waals surface area contributed by atoms with E-state index in [2.05, 4.69) is 25.2 Å². The quantitative estimate of drug-likeness (QED) is 0.613. The van der Waals surface area contributed by atoms with Crippen molar-refractivity contribution in [2.75, 3.05) is 0 Å². The highest BCUT2D eigenvalue weighted by atomic mass is 19.3. The van der Waals surface area contributed by atoms with Crippen LogP contribution in [0.1, 0.15) is 16.2 Å². The average molecular weight is 378 g/mol. The van der Waals surface area contributed by atoms with Gasteiger partial charge in [-0.1, -0.05) is 12.1 Å². The number of halogens is 3. The SMILES string of the molecule is O=C(NCc1n[nH]c(-c2cc(F)ccc2O)n1)c1ccccc1OC(F)F. The number of ether oxygens (including phenoxy) is 1. The Bertz CT molecular complexity index is 962. The molecule has 27 heavy (non-hydrogen) atoms. The summed E-state index contributed by atoms with van der Waals surface area (Å²) in [5.74, 6) is -1.42.